The van der Waals surface area contributed by atoms with Gasteiger partial charge < -0.3 is 18.8 Å². The van der Waals surface area contributed by atoms with Crippen LogP contribution < -0.4 is 4.74 Å². The maximum Gasteiger partial charge on any atom is 0.417 e. The van der Waals surface area contributed by atoms with Gasteiger partial charge in [-0.25, -0.2) is 4.98 Å². The van der Waals surface area contributed by atoms with E-state index in [0.29, 0.717) is 5.56 Å². The minimum Gasteiger partial charge on any atom is -0.487 e. The average molecular weight is 508 g/mol. The number of ether oxygens (including phenoxy) is 1. The van der Waals surface area contributed by atoms with Crippen molar-refractivity contribution in [3.63, 3.8) is 0 Å². The molecule has 0 aliphatic carbocycles. The zero-order valence-corrected chi connectivity index (χ0v) is 18.3. The Morgan fingerprint density at radius 1 is 1.09 bits per heavy atom. The number of aliphatic hydroxyl groups is 1. The zero-order valence-electron chi connectivity index (χ0n) is 16.0. The van der Waals surface area contributed by atoms with E-state index in [-0.39, 0.29) is 50.5 Å². The summed E-state index contributed by atoms with van der Waals surface area (Å²) in [6.07, 6.45) is -2.90. The Labute approximate surface area is 193 Å². The minimum absolute atomic E-state index is 0.00721. The molecule has 1 atom stereocenters. The molecule has 3 aromatic heterocycles. The Hall–Kier alpha value is -2.53. The fourth-order valence-corrected chi connectivity index (χ4v) is 3.49. The molecule has 7 nitrogen and oxygen atoms in total. The number of hydrogen-bond acceptors (Lipinski definition) is 6. The van der Waals surface area contributed by atoms with E-state index < -0.39 is 17.8 Å². The van der Waals surface area contributed by atoms with Crippen molar-refractivity contribution in [3.05, 3.63) is 51.2 Å². The molecule has 1 aromatic carbocycles. The van der Waals surface area contributed by atoms with Crippen LogP contribution in [0.15, 0.2) is 35.1 Å². The van der Waals surface area contributed by atoms with Crippen molar-refractivity contribution in [2.45, 2.75) is 19.2 Å². The van der Waals surface area contributed by atoms with E-state index in [2.05, 4.69) is 15.1 Å². The fourth-order valence-electron chi connectivity index (χ4n) is 2.79. The molecule has 13 heteroatoms. The molecule has 0 aliphatic heterocycles. The van der Waals surface area contributed by atoms with Crippen molar-refractivity contribution >= 4 is 40.4 Å². The summed E-state index contributed by atoms with van der Waals surface area (Å²) in [5, 5.41) is 13.1. The number of imidazole rings is 1. The van der Waals surface area contributed by atoms with Gasteiger partial charge >= 0.3 is 6.18 Å². The Bertz CT molecular complexity index is 1310. The third-order valence-corrected chi connectivity index (χ3v) is 5.21. The molecule has 3 heterocycles. The quantitative estimate of drug-likeness (QED) is 0.368. The number of alkyl halides is 3. The van der Waals surface area contributed by atoms with Crippen molar-refractivity contribution in [2.24, 2.45) is 0 Å². The van der Waals surface area contributed by atoms with Crippen LogP contribution in [-0.2, 0) is 6.18 Å². The normalized spacial score (nSPS) is 13.0. The molecule has 32 heavy (non-hydrogen) atoms. The number of aromatic nitrogens is 4. The van der Waals surface area contributed by atoms with Gasteiger partial charge in [-0.05, 0) is 19.1 Å². The standard InChI is InChI=1S/C19H12Cl3F3N4O3/c1-8(7-30)31-15-4-11(20)10(3-12(15)21)18-27-16(28-32-18)14-6-29-5-9(19(23,24)25)2-13(22)17(29)26-14/h2-6,8,30H,7H2,1H3. The van der Waals surface area contributed by atoms with Gasteiger partial charge in [0.2, 0.25) is 5.82 Å². The van der Waals surface area contributed by atoms with Crippen LogP contribution in [0.2, 0.25) is 15.1 Å². The zero-order chi connectivity index (χ0) is 23.2. The molecule has 0 aliphatic rings. The van der Waals surface area contributed by atoms with Gasteiger partial charge in [0.05, 0.1) is 32.8 Å². The van der Waals surface area contributed by atoms with Gasteiger partial charge in [-0.15, -0.1) is 0 Å². The van der Waals surface area contributed by atoms with Gasteiger partial charge in [0.1, 0.15) is 17.5 Å². The lowest BCUT2D eigenvalue weighted by Crippen LogP contribution is -2.16. The van der Waals surface area contributed by atoms with E-state index in [1.54, 1.807) is 6.92 Å². The van der Waals surface area contributed by atoms with Crippen LogP contribution in [0.4, 0.5) is 13.2 Å². The first-order chi connectivity index (χ1) is 15.1. The average Bonchev–Trinajstić information content (AvgIpc) is 3.37. The van der Waals surface area contributed by atoms with Gasteiger partial charge in [0.15, 0.2) is 5.65 Å². The summed E-state index contributed by atoms with van der Waals surface area (Å²) < 4.78 is 50.9. The first-order valence-corrected chi connectivity index (χ1v) is 10.1. The van der Waals surface area contributed by atoms with Gasteiger partial charge in [0.25, 0.3) is 5.89 Å². The second-order valence-electron chi connectivity index (χ2n) is 6.73. The number of pyridine rings is 1. The second-order valence-corrected chi connectivity index (χ2v) is 7.95. The van der Waals surface area contributed by atoms with E-state index >= 15 is 0 Å². The number of halogens is 6. The topological polar surface area (TPSA) is 85.7 Å². The summed E-state index contributed by atoms with van der Waals surface area (Å²) in [5.41, 5.74) is -0.380. The van der Waals surface area contributed by atoms with Crippen LogP contribution in [-0.4, -0.2) is 37.3 Å². The Morgan fingerprint density at radius 3 is 2.53 bits per heavy atom. The first-order valence-electron chi connectivity index (χ1n) is 8.93. The highest BCUT2D eigenvalue weighted by atomic mass is 35.5. The maximum absolute atomic E-state index is 13.0. The predicted molar refractivity (Wildman–Crippen MR) is 111 cm³/mol. The summed E-state index contributed by atoms with van der Waals surface area (Å²) in [7, 11) is 0. The summed E-state index contributed by atoms with van der Waals surface area (Å²) in [6.45, 7) is 1.44. The smallest absolute Gasteiger partial charge is 0.417 e. The molecule has 0 spiro atoms. The molecule has 4 aromatic rings. The summed E-state index contributed by atoms with van der Waals surface area (Å²) in [4.78, 5) is 8.40. The second kappa shape index (κ2) is 8.43. The van der Waals surface area contributed by atoms with E-state index in [1.807, 2.05) is 0 Å². The summed E-state index contributed by atoms with van der Waals surface area (Å²) in [6, 6.07) is 3.69. The first kappa shape index (κ1) is 22.7. The molecular weight excluding hydrogens is 496 g/mol. The molecule has 168 valence electrons. The van der Waals surface area contributed by atoms with Crippen LogP contribution in [0.25, 0.3) is 28.6 Å². The molecule has 4 rings (SSSR count). The fraction of sp³-hybridized carbons (Fsp3) is 0.211. The van der Waals surface area contributed by atoms with Crippen LogP contribution in [0.3, 0.4) is 0 Å². The van der Waals surface area contributed by atoms with Crippen LogP contribution in [0.1, 0.15) is 12.5 Å². The van der Waals surface area contributed by atoms with Crippen molar-refractivity contribution in [3.8, 4) is 28.7 Å². The molecule has 0 fully saturated rings. The summed E-state index contributed by atoms with van der Waals surface area (Å²) in [5.74, 6) is 0.278. The van der Waals surface area contributed by atoms with Gasteiger partial charge in [-0.3, -0.25) is 0 Å². The van der Waals surface area contributed by atoms with Gasteiger partial charge in [-0.2, -0.15) is 18.2 Å². The molecular formula is C19H12Cl3F3N4O3. The SMILES string of the molecule is CC(CO)Oc1cc(Cl)c(-c2nc(-c3cn4cc(C(F)(F)F)cc(Cl)c4n3)no2)cc1Cl. The lowest BCUT2D eigenvalue weighted by Gasteiger charge is -2.14. The maximum atomic E-state index is 13.0. The van der Waals surface area contributed by atoms with E-state index in [4.69, 9.17) is 49.2 Å². The third-order valence-electron chi connectivity index (χ3n) is 4.33. The van der Waals surface area contributed by atoms with Crippen LogP contribution >= 0.6 is 34.8 Å². The highest BCUT2D eigenvalue weighted by Crippen LogP contribution is 2.37. The van der Waals surface area contributed by atoms with Gasteiger partial charge in [0, 0.05) is 18.5 Å². The molecule has 1 unspecified atom stereocenters. The lowest BCUT2D eigenvalue weighted by molar-refractivity contribution is -0.137. The highest BCUT2D eigenvalue weighted by molar-refractivity contribution is 6.36. The Kier molecular flexibility index (Phi) is 5.97. The van der Waals surface area contributed by atoms with E-state index in [1.165, 1.54) is 18.3 Å². The van der Waals surface area contributed by atoms with Crippen molar-refractivity contribution in [1.29, 1.82) is 0 Å². The third kappa shape index (κ3) is 4.36. The molecule has 0 saturated heterocycles. The minimum atomic E-state index is -4.57. The Balaban J connectivity index is 1.69. The number of nitrogens with zero attached hydrogens (tertiary/aromatic N) is 4. The van der Waals surface area contributed by atoms with Crippen LogP contribution in [0, 0.1) is 0 Å². The molecule has 0 bridgehead atoms. The number of benzene rings is 1. The molecule has 0 radical (unpaired) electrons. The number of fused-ring (bicyclic) bond motifs is 1. The molecule has 1 N–H and O–H groups in total. The predicted octanol–water partition coefficient (Wildman–Crippen LogP) is 5.79. The number of aliphatic hydroxyl groups excluding tert-OH is 1. The number of rotatable bonds is 5. The molecule has 0 amide bonds. The Morgan fingerprint density at radius 2 is 1.84 bits per heavy atom. The molecule has 0 saturated carbocycles. The lowest BCUT2D eigenvalue weighted by atomic mass is 10.2. The van der Waals surface area contributed by atoms with Crippen molar-refractivity contribution in [2.75, 3.05) is 6.61 Å². The largest absolute Gasteiger partial charge is 0.487 e. The monoisotopic (exact) mass is 506 g/mol. The highest BCUT2D eigenvalue weighted by Gasteiger charge is 2.32. The van der Waals surface area contributed by atoms with Gasteiger partial charge in [-0.1, -0.05) is 40.0 Å². The van der Waals surface area contributed by atoms with Crippen molar-refractivity contribution in [1.82, 2.24) is 19.5 Å². The van der Waals surface area contributed by atoms with E-state index in [0.717, 1.165) is 16.7 Å². The van der Waals surface area contributed by atoms with Crippen molar-refractivity contribution < 1.29 is 27.5 Å². The van der Waals surface area contributed by atoms with E-state index in [9.17, 15) is 13.2 Å². The summed E-state index contributed by atoms with van der Waals surface area (Å²) >= 11 is 18.5. The van der Waals surface area contributed by atoms with Crippen LogP contribution in [0.5, 0.6) is 5.75 Å². The number of hydrogen-bond donors (Lipinski definition) is 1.